The van der Waals surface area contributed by atoms with Gasteiger partial charge in [-0.05, 0) is 51.0 Å². The molecule has 0 radical (unpaired) electrons. The second-order valence-corrected chi connectivity index (χ2v) is 7.41. The van der Waals surface area contributed by atoms with E-state index in [1.807, 2.05) is 12.1 Å². The minimum absolute atomic E-state index is 0.285. The first-order valence-corrected chi connectivity index (χ1v) is 8.99. The summed E-state index contributed by atoms with van der Waals surface area (Å²) in [4.78, 5) is 32.9. The predicted molar refractivity (Wildman–Crippen MR) is 105 cm³/mol. The number of nitrogens with zero attached hydrogens (tertiary/aromatic N) is 4. The van der Waals surface area contributed by atoms with Gasteiger partial charge in [0, 0.05) is 37.9 Å². The van der Waals surface area contributed by atoms with Crippen LogP contribution in [0.4, 0.5) is 0 Å². The smallest absolute Gasteiger partial charge is 0.249 e. The molecule has 2 N–H and O–H groups in total. The second kappa shape index (κ2) is 9.16. The quantitative estimate of drug-likeness (QED) is 0.683. The molecule has 0 unspecified atom stereocenters. The van der Waals surface area contributed by atoms with E-state index in [0.717, 1.165) is 11.1 Å². The fourth-order valence-corrected chi connectivity index (χ4v) is 2.14. The minimum Gasteiger partial charge on any atom is -0.350 e. The van der Waals surface area contributed by atoms with Crippen LogP contribution in [0.2, 0.25) is 0 Å². The van der Waals surface area contributed by atoms with Crippen molar-refractivity contribution in [1.29, 1.82) is 0 Å². The Bertz CT molecular complexity index is 750. The summed E-state index contributed by atoms with van der Waals surface area (Å²) in [6, 6.07) is 7.35. The van der Waals surface area contributed by atoms with Crippen molar-refractivity contribution < 1.29 is 9.59 Å². The summed E-state index contributed by atoms with van der Waals surface area (Å²) in [5.74, 6) is -0.571. The average molecular weight is 382 g/mol. The van der Waals surface area contributed by atoms with Crippen LogP contribution in [-0.2, 0) is 22.7 Å². The first-order valence-electron chi connectivity index (χ1n) is 8.99. The van der Waals surface area contributed by atoms with Crippen molar-refractivity contribution in [3.8, 4) is 0 Å². The fraction of sp³-hybridized carbons (Fsp3) is 0.400. The molecule has 8 nitrogen and oxygen atoms in total. The number of azo groups is 1. The van der Waals surface area contributed by atoms with Gasteiger partial charge in [0.1, 0.15) is 0 Å². The number of aromatic nitrogens is 2. The number of rotatable bonds is 8. The topological polar surface area (TPSA) is 109 Å². The Kier molecular flexibility index (Phi) is 6.92. The number of carbonyl (C=O) groups is 2. The van der Waals surface area contributed by atoms with E-state index < -0.39 is 11.1 Å². The molecule has 0 aliphatic carbocycles. The number of hydrogen-bond acceptors (Lipinski definition) is 6. The van der Waals surface area contributed by atoms with Gasteiger partial charge < -0.3 is 10.6 Å². The summed E-state index contributed by atoms with van der Waals surface area (Å²) >= 11 is 0. The van der Waals surface area contributed by atoms with Crippen molar-refractivity contribution in [2.24, 2.45) is 10.2 Å². The third kappa shape index (κ3) is 6.22. The van der Waals surface area contributed by atoms with Crippen molar-refractivity contribution in [3.63, 3.8) is 0 Å². The Hall–Kier alpha value is -3.16. The molecule has 0 aromatic carbocycles. The Morgan fingerprint density at radius 2 is 1.21 bits per heavy atom. The lowest BCUT2D eigenvalue weighted by Crippen LogP contribution is -2.43. The molecule has 2 heterocycles. The highest BCUT2D eigenvalue weighted by atomic mass is 16.2. The van der Waals surface area contributed by atoms with Gasteiger partial charge in [-0.15, -0.1) is 0 Å². The molecule has 0 saturated heterocycles. The molecular formula is C20H26N6O2. The van der Waals surface area contributed by atoms with Crippen molar-refractivity contribution in [3.05, 3.63) is 60.2 Å². The normalized spacial score (nSPS) is 12.0. The van der Waals surface area contributed by atoms with Crippen LogP contribution in [0.25, 0.3) is 0 Å². The SMILES string of the molecule is CC(C)(N=NC(C)(C)C(=O)NCc1cccnc1)C(=O)NCc1cccnc1. The standard InChI is InChI=1S/C20H26N6O2/c1-19(2,17(27)23-13-15-7-5-9-21-11-15)25-26-20(3,4)18(28)24-14-16-8-6-10-22-12-16/h5-12H,13-14H2,1-4H3,(H,23,27)(H,24,28). The van der Waals surface area contributed by atoms with Gasteiger partial charge in [-0.1, -0.05) is 12.1 Å². The summed E-state index contributed by atoms with van der Waals surface area (Å²) < 4.78 is 0. The molecule has 2 rings (SSSR count). The molecule has 0 atom stereocenters. The zero-order valence-corrected chi connectivity index (χ0v) is 16.6. The molecule has 0 aliphatic heterocycles. The molecule has 0 bridgehead atoms. The summed E-state index contributed by atoms with van der Waals surface area (Å²) in [5.41, 5.74) is -0.441. The highest BCUT2D eigenvalue weighted by Gasteiger charge is 2.32. The predicted octanol–water partition coefficient (Wildman–Crippen LogP) is 2.42. The Balaban J connectivity index is 1.92. The lowest BCUT2D eigenvalue weighted by molar-refractivity contribution is -0.127. The van der Waals surface area contributed by atoms with Gasteiger partial charge in [0.25, 0.3) is 0 Å². The fourth-order valence-electron chi connectivity index (χ4n) is 2.14. The summed E-state index contributed by atoms with van der Waals surface area (Å²) in [6.45, 7) is 7.30. The molecule has 2 aromatic heterocycles. The van der Waals surface area contributed by atoms with E-state index in [-0.39, 0.29) is 11.8 Å². The molecule has 2 aromatic rings. The molecule has 28 heavy (non-hydrogen) atoms. The lowest BCUT2D eigenvalue weighted by Gasteiger charge is -2.22. The zero-order valence-electron chi connectivity index (χ0n) is 16.6. The number of pyridine rings is 2. The van der Waals surface area contributed by atoms with E-state index in [1.165, 1.54) is 0 Å². The van der Waals surface area contributed by atoms with Crippen LogP contribution in [0, 0.1) is 0 Å². The molecule has 0 aliphatic rings. The molecule has 0 saturated carbocycles. The van der Waals surface area contributed by atoms with Crippen LogP contribution >= 0.6 is 0 Å². The van der Waals surface area contributed by atoms with E-state index in [2.05, 4.69) is 30.8 Å². The van der Waals surface area contributed by atoms with E-state index in [9.17, 15) is 9.59 Å². The number of hydrogen-bond donors (Lipinski definition) is 2. The van der Waals surface area contributed by atoms with Crippen molar-refractivity contribution in [2.75, 3.05) is 0 Å². The molecular weight excluding hydrogens is 356 g/mol. The van der Waals surface area contributed by atoms with Crippen LogP contribution in [0.3, 0.4) is 0 Å². The molecule has 0 spiro atoms. The zero-order chi connectivity index (χ0) is 20.6. The highest BCUT2D eigenvalue weighted by molar-refractivity contribution is 5.86. The third-order valence-electron chi connectivity index (χ3n) is 4.01. The second-order valence-electron chi connectivity index (χ2n) is 7.41. The van der Waals surface area contributed by atoms with Gasteiger partial charge in [-0.2, -0.15) is 10.2 Å². The van der Waals surface area contributed by atoms with Crippen LogP contribution in [-0.4, -0.2) is 32.9 Å². The minimum atomic E-state index is -1.11. The molecule has 148 valence electrons. The van der Waals surface area contributed by atoms with Crippen LogP contribution in [0.15, 0.2) is 59.3 Å². The van der Waals surface area contributed by atoms with Crippen LogP contribution in [0.5, 0.6) is 0 Å². The van der Waals surface area contributed by atoms with Gasteiger partial charge in [-0.3, -0.25) is 19.6 Å². The van der Waals surface area contributed by atoms with Gasteiger partial charge in [0.05, 0.1) is 0 Å². The first-order chi connectivity index (χ1) is 13.2. The van der Waals surface area contributed by atoms with Crippen LogP contribution < -0.4 is 10.6 Å². The maximum Gasteiger partial charge on any atom is 0.249 e. The van der Waals surface area contributed by atoms with Gasteiger partial charge in [0.15, 0.2) is 11.1 Å². The molecule has 2 amide bonds. The van der Waals surface area contributed by atoms with Gasteiger partial charge in [-0.25, -0.2) is 0 Å². The highest BCUT2D eigenvalue weighted by Crippen LogP contribution is 2.17. The number of amides is 2. The van der Waals surface area contributed by atoms with Crippen molar-refractivity contribution >= 4 is 11.8 Å². The number of carbonyl (C=O) groups excluding carboxylic acids is 2. The van der Waals surface area contributed by atoms with E-state index in [0.29, 0.717) is 13.1 Å². The first kappa shape index (κ1) is 21.1. The largest absolute Gasteiger partial charge is 0.350 e. The Labute approximate surface area is 164 Å². The summed E-state index contributed by atoms with van der Waals surface area (Å²) in [6.07, 6.45) is 6.71. The third-order valence-corrected chi connectivity index (χ3v) is 4.01. The number of nitrogens with one attached hydrogen (secondary N) is 2. The van der Waals surface area contributed by atoms with Gasteiger partial charge in [0.2, 0.25) is 11.8 Å². The van der Waals surface area contributed by atoms with E-state index >= 15 is 0 Å². The monoisotopic (exact) mass is 382 g/mol. The molecule has 8 heteroatoms. The maximum absolute atomic E-state index is 12.4. The maximum atomic E-state index is 12.4. The lowest BCUT2D eigenvalue weighted by atomic mass is 10.0. The molecule has 0 fully saturated rings. The summed E-state index contributed by atoms with van der Waals surface area (Å²) in [5, 5.41) is 13.9. The van der Waals surface area contributed by atoms with Crippen molar-refractivity contribution in [1.82, 2.24) is 20.6 Å². The Morgan fingerprint density at radius 1 is 0.821 bits per heavy atom. The van der Waals surface area contributed by atoms with E-state index in [1.54, 1.807) is 64.6 Å². The summed E-state index contributed by atoms with van der Waals surface area (Å²) in [7, 11) is 0. The average Bonchev–Trinajstić information content (AvgIpc) is 2.70. The van der Waals surface area contributed by atoms with Crippen molar-refractivity contribution in [2.45, 2.75) is 51.9 Å². The Morgan fingerprint density at radius 3 is 1.54 bits per heavy atom. The van der Waals surface area contributed by atoms with Crippen LogP contribution in [0.1, 0.15) is 38.8 Å². The van der Waals surface area contributed by atoms with E-state index in [4.69, 9.17) is 0 Å². The van der Waals surface area contributed by atoms with Gasteiger partial charge >= 0.3 is 0 Å².